The molecule has 2 heteroatoms. The lowest BCUT2D eigenvalue weighted by Crippen LogP contribution is -2.12. The van der Waals surface area contributed by atoms with Crippen molar-refractivity contribution in [2.45, 2.75) is 20.5 Å². The highest BCUT2D eigenvalue weighted by atomic mass is 16.3. The van der Waals surface area contributed by atoms with Crippen molar-refractivity contribution >= 4 is 11.4 Å². The van der Waals surface area contributed by atoms with Gasteiger partial charge in [0.15, 0.2) is 0 Å². The van der Waals surface area contributed by atoms with Crippen LogP contribution in [0.4, 0.5) is 11.4 Å². The van der Waals surface area contributed by atoms with Gasteiger partial charge in [-0.2, -0.15) is 0 Å². The lowest BCUT2D eigenvalue weighted by atomic mass is 10.1. The van der Waals surface area contributed by atoms with Gasteiger partial charge in [0.1, 0.15) is 0 Å². The third-order valence-electron chi connectivity index (χ3n) is 3.16. The number of anilines is 2. The minimum Gasteiger partial charge on any atom is -0.392 e. The molecular formula is C16H19NO. The summed E-state index contributed by atoms with van der Waals surface area (Å²) in [6, 6.07) is 14.5. The summed E-state index contributed by atoms with van der Waals surface area (Å²) in [5.41, 5.74) is 5.54. The number of aliphatic hydroxyl groups is 1. The van der Waals surface area contributed by atoms with Crippen LogP contribution >= 0.6 is 0 Å². The molecule has 0 aliphatic rings. The van der Waals surface area contributed by atoms with E-state index >= 15 is 0 Å². The van der Waals surface area contributed by atoms with E-state index in [4.69, 9.17) is 0 Å². The van der Waals surface area contributed by atoms with Crippen LogP contribution in [0.5, 0.6) is 0 Å². The number of benzene rings is 2. The lowest BCUT2D eigenvalue weighted by Gasteiger charge is -2.23. The Kier molecular flexibility index (Phi) is 3.68. The number of aryl methyl sites for hydroxylation is 2. The van der Waals surface area contributed by atoms with Gasteiger partial charge in [0.2, 0.25) is 0 Å². The molecule has 18 heavy (non-hydrogen) atoms. The molecule has 0 bridgehead atoms. The molecule has 1 N–H and O–H groups in total. The van der Waals surface area contributed by atoms with Crippen molar-refractivity contribution in [1.82, 2.24) is 0 Å². The monoisotopic (exact) mass is 241 g/mol. The zero-order valence-electron chi connectivity index (χ0n) is 11.1. The van der Waals surface area contributed by atoms with Crippen LogP contribution in [0.15, 0.2) is 42.5 Å². The van der Waals surface area contributed by atoms with Crippen LogP contribution < -0.4 is 4.90 Å². The normalized spacial score (nSPS) is 10.4. The zero-order chi connectivity index (χ0) is 13.1. The molecule has 0 aliphatic carbocycles. The number of hydrogen-bond acceptors (Lipinski definition) is 2. The van der Waals surface area contributed by atoms with E-state index in [1.165, 1.54) is 11.1 Å². The fourth-order valence-electron chi connectivity index (χ4n) is 2.14. The maximum Gasteiger partial charge on any atom is 0.0702 e. The Balaban J connectivity index is 2.42. The highest BCUT2D eigenvalue weighted by Crippen LogP contribution is 2.28. The van der Waals surface area contributed by atoms with E-state index in [1.54, 1.807) is 0 Å². The highest BCUT2D eigenvalue weighted by molar-refractivity contribution is 5.66. The van der Waals surface area contributed by atoms with Gasteiger partial charge in [-0.15, -0.1) is 0 Å². The lowest BCUT2D eigenvalue weighted by molar-refractivity contribution is 0.282. The van der Waals surface area contributed by atoms with Crippen molar-refractivity contribution in [2.75, 3.05) is 11.9 Å². The molecular weight excluding hydrogens is 222 g/mol. The average molecular weight is 241 g/mol. The molecule has 0 aromatic heterocycles. The smallest absolute Gasteiger partial charge is 0.0702 e. The summed E-state index contributed by atoms with van der Waals surface area (Å²) in [7, 11) is 2.03. The highest BCUT2D eigenvalue weighted by Gasteiger charge is 2.09. The largest absolute Gasteiger partial charge is 0.392 e. The molecule has 0 radical (unpaired) electrons. The van der Waals surface area contributed by atoms with Crippen LogP contribution in [0.1, 0.15) is 16.7 Å². The van der Waals surface area contributed by atoms with Crippen molar-refractivity contribution in [3.63, 3.8) is 0 Å². The van der Waals surface area contributed by atoms with E-state index in [1.807, 2.05) is 26.1 Å². The second-order valence-corrected chi connectivity index (χ2v) is 4.69. The van der Waals surface area contributed by atoms with Crippen molar-refractivity contribution in [1.29, 1.82) is 0 Å². The Hall–Kier alpha value is -1.80. The number of aliphatic hydroxyl groups excluding tert-OH is 1. The van der Waals surface area contributed by atoms with Crippen LogP contribution in [0.3, 0.4) is 0 Å². The van der Waals surface area contributed by atoms with Gasteiger partial charge in [0.05, 0.1) is 6.61 Å². The molecule has 2 aromatic rings. The minimum absolute atomic E-state index is 0.0627. The Labute approximate surface area is 109 Å². The maximum atomic E-state index is 9.47. The third kappa shape index (κ3) is 2.54. The van der Waals surface area contributed by atoms with E-state index in [2.05, 4.69) is 42.2 Å². The summed E-state index contributed by atoms with van der Waals surface area (Å²) in [5.74, 6) is 0. The number of nitrogens with zero attached hydrogens (tertiary/aromatic N) is 1. The average Bonchev–Trinajstić information content (AvgIpc) is 2.37. The molecule has 2 aromatic carbocycles. The fraction of sp³-hybridized carbons (Fsp3) is 0.250. The van der Waals surface area contributed by atoms with Crippen molar-refractivity contribution < 1.29 is 5.11 Å². The van der Waals surface area contributed by atoms with Gasteiger partial charge in [0.25, 0.3) is 0 Å². The topological polar surface area (TPSA) is 23.5 Å². The summed E-state index contributed by atoms with van der Waals surface area (Å²) in [6.45, 7) is 4.18. The van der Waals surface area contributed by atoms with Gasteiger partial charge >= 0.3 is 0 Å². The van der Waals surface area contributed by atoms with Gasteiger partial charge in [-0.05, 0) is 37.6 Å². The molecule has 0 fully saturated rings. The Morgan fingerprint density at radius 3 is 2.39 bits per heavy atom. The number of rotatable bonds is 3. The standard InChI is InChI=1S/C16H19NO/c1-12-5-4-6-15(10-12)17(3)16-8-7-13(2)9-14(16)11-18/h4-10,18H,11H2,1-3H3. The molecule has 0 spiro atoms. The van der Waals surface area contributed by atoms with E-state index in [0.717, 1.165) is 16.9 Å². The number of hydrogen-bond donors (Lipinski definition) is 1. The maximum absolute atomic E-state index is 9.47. The van der Waals surface area contributed by atoms with Crippen molar-refractivity contribution in [3.8, 4) is 0 Å². The predicted molar refractivity (Wildman–Crippen MR) is 76.3 cm³/mol. The molecule has 0 atom stereocenters. The summed E-state index contributed by atoms with van der Waals surface area (Å²) < 4.78 is 0. The molecule has 0 heterocycles. The Morgan fingerprint density at radius 1 is 1.00 bits per heavy atom. The molecule has 0 saturated carbocycles. The SMILES string of the molecule is Cc1cccc(N(C)c2ccc(C)cc2CO)c1. The first-order chi connectivity index (χ1) is 8.61. The van der Waals surface area contributed by atoms with E-state index in [-0.39, 0.29) is 6.61 Å². The molecule has 0 unspecified atom stereocenters. The third-order valence-corrected chi connectivity index (χ3v) is 3.16. The second-order valence-electron chi connectivity index (χ2n) is 4.69. The second kappa shape index (κ2) is 5.23. The van der Waals surface area contributed by atoms with Gasteiger partial charge in [0, 0.05) is 24.0 Å². The first-order valence-corrected chi connectivity index (χ1v) is 6.12. The van der Waals surface area contributed by atoms with Crippen LogP contribution in [-0.4, -0.2) is 12.2 Å². The fourth-order valence-corrected chi connectivity index (χ4v) is 2.14. The van der Waals surface area contributed by atoms with Gasteiger partial charge < -0.3 is 10.0 Å². The summed E-state index contributed by atoms with van der Waals surface area (Å²) >= 11 is 0. The molecule has 0 saturated heterocycles. The quantitative estimate of drug-likeness (QED) is 0.888. The van der Waals surface area contributed by atoms with Crippen LogP contribution in [0.2, 0.25) is 0 Å². The van der Waals surface area contributed by atoms with Crippen molar-refractivity contribution in [2.24, 2.45) is 0 Å². The summed E-state index contributed by atoms with van der Waals surface area (Å²) in [4.78, 5) is 2.11. The summed E-state index contributed by atoms with van der Waals surface area (Å²) in [5, 5.41) is 9.47. The van der Waals surface area contributed by atoms with Crippen LogP contribution in [0.25, 0.3) is 0 Å². The molecule has 0 amide bonds. The van der Waals surface area contributed by atoms with E-state index < -0.39 is 0 Å². The molecule has 94 valence electrons. The van der Waals surface area contributed by atoms with Crippen LogP contribution in [-0.2, 0) is 6.61 Å². The van der Waals surface area contributed by atoms with Crippen LogP contribution in [0, 0.1) is 13.8 Å². The summed E-state index contributed by atoms with van der Waals surface area (Å²) in [6.07, 6.45) is 0. The Bertz CT molecular complexity index is 549. The van der Waals surface area contributed by atoms with E-state index in [0.29, 0.717) is 0 Å². The first-order valence-electron chi connectivity index (χ1n) is 6.12. The molecule has 2 nitrogen and oxygen atoms in total. The minimum atomic E-state index is 0.0627. The first kappa shape index (κ1) is 12.7. The Morgan fingerprint density at radius 2 is 1.72 bits per heavy atom. The van der Waals surface area contributed by atoms with Crippen molar-refractivity contribution in [3.05, 3.63) is 59.2 Å². The predicted octanol–water partition coefficient (Wildman–Crippen LogP) is 3.56. The van der Waals surface area contributed by atoms with E-state index in [9.17, 15) is 5.11 Å². The molecule has 2 rings (SSSR count). The molecule has 0 aliphatic heterocycles. The zero-order valence-corrected chi connectivity index (χ0v) is 11.1. The van der Waals surface area contributed by atoms with Gasteiger partial charge in [-0.1, -0.05) is 29.8 Å². The van der Waals surface area contributed by atoms with Gasteiger partial charge in [-0.25, -0.2) is 0 Å². The van der Waals surface area contributed by atoms with Gasteiger partial charge in [-0.3, -0.25) is 0 Å².